The Morgan fingerprint density at radius 1 is 0.333 bits per heavy atom. The third-order valence-electron chi connectivity index (χ3n) is 17.8. The Labute approximate surface area is 508 Å². The predicted octanol–water partition coefficient (Wildman–Crippen LogP) is 24.3. The minimum atomic E-state index is -0.663. The maximum atomic E-state index is 12.6. The van der Waals surface area contributed by atoms with Crippen LogP contribution in [-0.2, 0) is 14.3 Å². The molecule has 0 heterocycles. The first kappa shape index (κ1) is 79.6. The largest absolute Gasteiger partial charge is 0.466 e. The van der Waals surface area contributed by atoms with Gasteiger partial charge in [0.05, 0.1) is 25.4 Å². The predicted molar refractivity (Wildman–Crippen MR) is 357 cm³/mol. The number of carbonyl (C=O) groups is 2. The van der Waals surface area contributed by atoms with Crippen molar-refractivity contribution in [3.05, 3.63) is 12.2 Å². The number of unbranched alkanes of at least 4 members (excludes halogenated alkanes) is 58. The van der Waals surface area contributed by atoms with E-state index in [1.807, 2.05) is 0 Å². The zero-order valence-electron chi connectivity index (χ0n) is 55.3. The molecule has 0 aromatic heterocycles. The molecular formula is C75H147NO5. The summed E-state index contributed by atoms with van der Waals surface area (Å²) in [4.78, 5) is 24.7. The van der Waals surface area contributed by atoms with Gasteiger partial charge in [-0.1, -0.05) is 379 Å². The van der Waals surface area contributed by atoms with Gasteiger partial charge < -0.3 is 20.3 Å². The number of aliphatic hydroxyl groups is 2. The van der Waals surface area contributed by atoms with E-state index in [0.29, 0.717) is 25.9 Å². The maximum absolute atomic E-state index is 12.6. The van der Waals surface area contributed by atoms with Gasteiger partial charge in [-0.3, -0.25) is 9.59 Å². The zero-order chi connectivity index (χ0) is 58.5. The van der Waals surface area contributed by atoms with E-state index in [9.17, 15) is 19.8 Å². The number of ether oxygens (including phenoxy) is 1. The van der Waals surface area contributed by atoms with E-state index in [1.54, 1.807) is 0 Å². The second kappa shape index (κ2) is 71.1. The molecular weight excluding hydrogens is 995 g/mol. The monoisotopic (exact) mass is 1140 g/mol. The molecule has 0 saturated carbocycles. The molecule has 2 atom stereocenters. The summed E-state index contributed by atoms with van der Waals surface area (Å²) in [6.45, 7) is 5.00. The Kier molecular flexibility index (Phi) is 69.9. The Morgan fingerprint density at radius 3 is 0.877 bits per heavy atom. The molecule has 0 bridgehead atoms. The second-order valence-electron chi connectivity index (χ2n) is 26.0. The molecule has 0 spiro atoms. The maximum Gasteiger partial charge on any atom is 0.305 e. The summed E-state index contributed by atoms with van der Waals surface area (Å²) in [7, 11) is 0. The zero-order valence-corrected chi connectivity index (χ0v) is 55.3. The molecule has 3 N–H and O–H groups in total. The third-order valence-corrected chi connectivity index (χ3v) is 17.8. The van der Waals surface area contributed by atoms with Crippen molar-refractivity contribution < 1.29 is 24.5 Å². The summed E-state index contributed by atoms with van der Waals surface area (Å²) >= 11 is 0. The summed E-state index contributed by atoms with van der Waals surface area (Å²) < 4.78 is 5.51. The molecule has 0 saturated heterocycles. The summed E-state index contributed by atoms with van der Waals surface area (Å²) in [5.41, 5.74) is 0. The molecule has 81 heavy (non-hydrogen) atoms. The van der Waals surface area contributed by atoms with Gasteiger partial charge in [0.15, 0.2) is 0 Å². The molecule has 0 radical (unpaired) electrons. The fraction of sp³-hybridized carbons (Fsp3) is 0.947. The number of rotatable bonds is 71. The molecule has 0 aliphatic heterocycles. The van der Waals surface area contributed by atoms with E-state index in [0.717, 1.165) is 44.9 Å². The summed E-state index contributed by atoms with van der Waals surface area (Å²) in [5.74, 6) is -0.0122. The molecule has 6 heteroatoms. The van der Waals surface area contributed by atoms with Crippen LogP contribution in [0.2, 0.25) is 0 Å². The van der Waals surface area contributed by atoms with Crippen LogP contribution in [0.3, 0.4) is 0 Å². The van der Waals surface area contributed by atoms with Crippen molar-refractivity contribution in [1.82, 2.24) is 5.32 Å². The lowest BCUT2D eigenvalue weighted by Crippen LogP contribution is -2.45. The highest BCUT2D eigenvalue weighted by atomic mass is 16.5. The van der Waals surface area contributed by atoms with Gasteiger partial charge in [0, 0.05) is 12.8 Å². The first-order valence-corrected chi connectivity index (χ1v) is 37.4. The normalized spacial score (nSPS) is 12.5. The molecule has 0 aliphatic carbocycles. The summed E-state index contributed by atoms with van der Waals surface area (Å²) in [5, 5.41) is 23.4. The lowest BCUT2D eigenvalue weighted by atomic mass is 10.0. The first-order chi connectivity index (χ1) is 40.0. The highest BCUT2D eigenvalue weighted by Crippen LogP contribution is 2.20. The fourth-order valence-corrected chi connectivity index (χ4v) is 12.1. The van der Waals surface area contributed by atoms with E-state index in [1.165, 1.54) is 353 Å². The van der Waals surface area contributed by atoms with Gasteiger partial charge in [-0.25, -0.2) is 0 Å². The quantitative estimate of drug-likeness (QED) is 0.0320. The minimum Gasteiger partial charge on any atom is -0.466 e. The van der Waals surface area contributed by atoms with Gasteiger partial charge in [-0.2, -0.15) is 0 Å². The molecule has 0 fully saturated rings. The van der Waals surface area contributed by atoms with E-state index >= 15 is 0 Å². The average molecular weight is 1140 g/mol. The van der Waals surface area contributed by atoms with Crippen LogP contribution in [0.15, 0.2) is 12.2 Å². The topological polar surface area (TPSA) is 95.9 Å². The number of nitrogens with one attached hydrogen (secondary N) is 1. The Balaban J connectivity index is 3.34. The summed E-state index contributed by atoms with van der Waals surface area (Å²) in [6, 6.07) is -0.540. The number of amides is 1. The van der Waals surface area contributed by atoms with Gasteiger partial charge in [0.25, 0.3) is 0 Å². The fourth-order valence-electron chi connectivity index (χ4n) is 12.1. The van der Waals surface area contributed by atoms with Crippen LogP contribution in [0.4, 0.5) is 0 Å². The van der Waals surface area contributed by atoms with E-state index in [4.69, 9.17) is 4.74 Å². The molecule has 0 aliphatic rings. The van der Waals surface area contributed by atoms with Crippen molar-refractivity contribution >= 4 is 11.9 Å². The van der Waals surface area contributed by atoms with Gasteiger partial charge >= 0.3 is 5.97 Å². The van der Waals surface area contributed by atoms with E-state index in [2.05, 4.69) is 31.3 Å². The van der Waals surface area contributed by atoms with E-state index < -0.39 is 12.1 Å². The van der Waals surface area contributed by atoms with Crippen molar-refractivity contribution in [1.29, 1.82) is 0 Å². The molecule has 1 amide bonds. The standard InChI is InChI=1S/C75H147NO5/c1-3-5-7-9-11-13-15-17-19-21-22-29-32-36-39-43-47-51-55-59-63-67-73(78)72(71-77)76-74(79)68-64-60-56-52-48-44-40-37-33-30-27-25-23-24-26-28-31-34-38-42-46-50-54-58-62-66-70-81-75(80)69-65-61-57-53-49-45-41-35-20-18-16-14-12-10-8-6-4-2/h18,20,72-73,77-78H,3-17,19,21-71H2,1-2H3,(H,76,79)/b20-18-. The van der Waals surface area contributed by atoms with Crippen LogP contribution in [0.1, 0.15) is 431 Å². The van der Waals surface area contributed by atoms with Crippen molar-refractivity contribution in [2.24, 2.45) is 0 Å². The minimum absolute atomic E-state index is 0.0153. The first-order valence-electron chi connectivity index (χ1n) is 37.4. The molecule has 6 nitrogen and oxygen atoms in total. The number of esters is 1. The number of aliphatic hydroxyl groups excluding tert-OH is 2. The van der Waals surface area contributed by atoms with Crippen LogP contribution < -0.4 is 5.32 Å². The number of hydrogen-bond donors (Lipinski definition) is 3. The second-order valence-corrected chi connectivity index (χ2v) is 26.0. The number of allylic oxidation sites excluding steroid dienone is 2. The van der Waals surface area contributed by atoms with Crippen LogP contribution in [0.25, 0.3) is 0 Å². The van der Waals surface area contributed by atoms with Crippen molar-refractivity contribution in [3.8, 4) is 0 Å². The van der Waals surface area contributed by atoms with Crippen LogP contribution in [-0.4, -0.2) is 47.4 Å². The van der Waals surface area contributed by atoms with Crippen molar-refractivity contribution in [3.63, 3.8) is 0 Å². The number of hydrogen-bond acceptors (Lipinski definition) is 5. The Bertz CT molecular complexity index is 1220. The SMILES string of the molecule is CCCCCCCC/C=C\CCCCCCCCCC(=O)OCCCCCCCCCCCCCCCCCCCCCCCCCCCCC(=O)NC(CO)C(O)CCCCCCCCCCCCCCCCCCCCCCC. The van der Waals surface area contributed by atoms with Crippen LogP contribution >= 0.6 is 0 Å². The van der Waals surface area contributed by atoms with Gasteiger partial charge in [-0.05, 0) is 51.4 Å². The smallest absolute Gasteiger partial charge is 0.305 e. The van der Waals surface area contributed by atoms with Crippen LogP contribution in [0.5, 0.6) is 0 Å². The van der Waals surface area contributed by atoms with E-state index in [-0.39, 0.29) is 18.5 Å². The third kappa shape index (κ3) is 67.6. The molecule has 2 unspecified atom stereocenters. The number of carbonyl (C=O) groups excluding carboxylic acids is 2. The van der Waals surface area contributed by atoms with Gasteiger partial charge in [0.2, 0.25) is 5.91 Å². The molecule has 0 aromatic rings. The molecule has 482 valence electrons. The highest BCUT2D eigenvalue weighted by molar-refractivity contribution is 5.76. The molecule has 0 rings (SSSR count). The van der Waals surface area contributed by atoms with Crippen molar-refractivity contribution in [2.75, 3.05) is 13.2 Å². The van der Waals surface area contributed by atoms with Crippen LogP contribution in [0, 0.1) is 0 Å². The lowest BCUT2D eigenvalue weighted by molar-refractivity contribution is -0.143. The Morgan fingerprint density at radius 2 is 0.580 bits per heavy atom. The average Bonchev–Trinajstić information content (AvgIpc) is 3.47. The highest BCUT2D eigenvalue weighted by Gasteiger charge is 2.20. The molecule has 0 aromatic carbocycles. The van der Waals surface area contributed by atoms with Crippen molar-refractivity contribution in [2.45, 2.75) is 443 Å². The van der Waals surface area contributed by atoms with Gasteiger partial charge in [0.1, 0.15) is 0 Å². The summed E-state index contributed by atoms with van der Waals surface area (Å²) in [6.07, 6.45) is 88.4. The Hall–Kier alpha value is -1.40. The van der Waals surface area contributed by atoms with Gasteiger partial charge in [-0.15, -0.1) is 0 Å². The lowest BCUT2D eigenvalue weighted by Gasteiger charge is -2.22.